The molecule has 0 aliphatic carbocycles. The van der Waals surface area contributed by atoms with Crippen LogP contribution in [0.1, 0.15) is 30.0 Å². The molecule has 1 aromatic carbocycles. The summed E-state index contributed by atoms with van der Waals surface area (Å²) in [7, 11) is 0. The van der Waals surface area contributed by atoms with Crippen LogP contribution in [0.15, 0.2) is 58.2 Å². The van der Waals surface area contributed by atoms with Gasteiger partial charge in [0.25, 0.3) is 0 Å². The number of halogens is 3. The molecule has 0 amide bonds. The van der Waals surface area contributed by atoms with Crippen molar-refractivity contribution >= 4 is 40.7 Å². The summed E-state index contributed by atoms with van der Waals surface area (Å²) >= 11 is 7.70. The number of nitrogens with zero attached hydrogens (tertiary/aromatic N) is 3. The summed E-state index contributed by atoms with van der Waals surface area (Å²) in [6.45, 7) is 1.88. The number of carbonyl (C=O) groups is 2. The standard InChI is InChI=1S/C24H23ClF2N4O4S/c1-2-35-24(34)20-18(12-31-11-14(27)9-15(31)4-6-19(32)33)29-22(23-28-7-8-36-23)30-21(20)16-5-3-13(26)10-17(16)25/h3-8,10,14-15,21H,2,9,11-12H2,1H3,(H,29,30)(H,32,33)/b6-4+. The average molecular weight is 537 g/mol. The summed E-state index contributed by atoms with van der Waals surface area (Å²) in [5, 5.41) is 14.6. The van der Waals surface area contributed by atoms with Gasteiger partial charge in [-0.25, -0.2) is 23.4 Å². The molecular formula is C24H23ClF2N4O4S. The lowest BCUT2D eigenvalue weighted by molar-refractivity contribution is -0.139. The van der Waals surface area contributed by atoms with Crippen LogP contribution in [0.5, 0.6) is 0 Å². The SMILES string of the molecule is CCOC(=O)C1=C(CN2CC(F)CC2/C=C/C(=O)O)NC(c2nccs2)=NC1c1ccc(F)cc1Cl. The van der Waals surface area contributed by atoms with E-state index >= 15 is 0 Å². The maximum Gasteiger partial charge on any atom is 0.338 e. The zero-order valence-electron chi connectivity index (χ0n) is 19.2. The number of carbonyl (C=O) groups excluding carboxylic acids is 1. The van der Waals surface area contributed by atoms with E-state index < -0.39 is 36.0 Å². The number of rotatable bonds is 8. The fourth-order valence-corrected chi connectivity index (χ4v) is 5.08. The smallest absolute Gasteiger partial charge is 0.338 e. The molecule has 0 bridgehead atoms. The van der Waals surface area contributed by atoms with E-state index in [0.717, 1.165) is 12.1 Å². The molecule has 1 aromatic heterocycles. The van der Waals surface area contributed by atoms with E-state index in [1.807, 2.05) is 0 Å². The maximum absolute atomic E-state index is 14.4. The number of carboxylic acids is 1. The molecule has 2 aliphatic heterocycles. The van der Waals surface area contributed by atoms with E-state index in [-0.39, 0.29) is 36.7 Å². The first-order chi connectivity index (χ1) is 17.3. The van der Waals surface area contributed by atoms with Crippen molar-refractivity contribution < 1.29 is 28.2 Å². The van der Waals surface area contributed by atoms with E-state index in [1.54, 1.807) is 23.4 Å². The third-order valence-electron chi connectivity index (χ3n) is 5.73. The van der Waals surface area contributed by atoms with Gasteiger partial charge in [-0.1, -0.05) is 23.7 Å². The molecule has 0 radical (unpaired) electrons. The van der Waals surface area contributed by atoms with Crippen molar-refractivity contribution in [2.75, 3.05) is 19.7 Å². The first kappa shape index (κ1) is 25.9. The van der Waals surface area contributed by atoms with Gasteiger partial charge in [0, 0.05) is 53.1 Å². The third kappa shape index (κ3) is 5.80. The Morgan fingerprint density at radius 1 is 1.42 bits per heavy atom. The van der Waals surface area contributed by atoms with Gasteiger partial charge < -0.3 is 15.2 Å². The number of aromatic nitrogens is 1. The van der Waals surface area contributed by atoms with Crippen LogP contribution >= 0.6 is 22.9 Å². The van der Waals surface area contributed by atoms with Gasteiger partial charge in [-0.15, -0.1) is 11.3 Å². The molecule has 12 heteroatoms. The number of benzene rings is 1. The molecule has 2 aromatic rings. The molecule has 3 atom stereocenters. The molecule has 8 nitrogen and oxygen atoms in total. The monoisotopic (exact) mass is 536 g/mol. The Labute approximate surface area is 215 Å². The number of likely N-dealkylation sites (tertiary alicyclic amines) is 1. The van der Waals surface area contributed by atoms with E-state index in [0.29, 0.717) is 22.1 Å². The van der Waals surface area contributed by atoms with E-state index in [9.17, 15) is 18.4 Å². The van der Waals surface area contributed by atoms with Gasteiger partial charge in [-0.05, 0) is 25.5 Å². The van der Waals surface area contributed by atoms with Gasteiger partial charge in [0.2, 0.25) is 0 Å². The Hall–Kier alpha value is -3.15. The minimum atomic E-state index is -1.17. The van der Waals surface area contributed by atoms with Crippen molar-refractivity contribution in [3.05, 3.63) is 74.6 Å². The van der Waals surface area contributed by atoms with E-state index in [1.165, 1.54) is 29.5 Å². The van der Waals surface area contributed by atoms with Crippen LogP contribution in [0.3, 0.4) is 0 Å². The number of nitrogens with one attached hydrogen (secondary N) is 1. The molecule has 3 unspecified atom stereocenters. The van der Waals surface area contributed by atoms with Crippen molar-refractivity contribution in [2.45, 2.75) is 31.6 Å². The minimum absolute atomic E-state index is 0.0433. The lowest BCUT2D eigenvalue weighted by atomic mass is 9.95. The molecular weight excluding hydrogens is 514 g/mol. The number of carboxylic acid groups (broad SMARTS) is 1. The zero-order valence-corrected chi connectivity index (χ0v) is 20.7. The van der Waals surface area contributed by atoms with Crippen LogP contribution in [0.2, 0.25) is 5.02 Å². The number of esters is 1. The van der Waals surface area contributed by atoms with Gasteiger partial charge in [-0.3, -0.25) is 9.89 Å². The highest BCUT2D eigenvalue weighted by molar-refractivity contribution is 7.11. The van der Waals surface area contributed by atoms with Crippen LogP contribution in [0, 0.1) is 5.82 Å². The van der Waals surface area contributed by atoms with E-state index in [2.05, 4.69) is 10.3 Å². The number of hydrogen-bond acceptors (Lipinski definition) is 8. The molecule has 0 saturated carbocycles. The third-order valence-corrected chi connectivity index (χ3v) is 6.84. The zero-order chi connectivity index (χ0) is 25.8. The summed E-state index contributed by atoms with van der Waals surface area (Å²) in [6, 6.07) is 2.39. The number of aliphatic carboxylic acids is 1. The fourth-order valence-electron chi connectivity index (χ4n) is 4.22. The summed E-state index contributed by atoms with van der Waals surface area (Å²) in [6.07, 6.45) is 2.97. The Kier molecular flexibility index (Phi) is 8.12. The highest BCUT2D eigenvalue weighted by Crippen LogP contribution is 2.37. The maximum atomic E-state index is 14.4. The Balaban J connectivity index is 1.81. The second-order valence-corrected chi connectivity index (χ2v) is 9.45. The Morgan fingerprint density at radius 2 is 2.22 bits per heavy atom. The second kappa shape index (κ2) is 11.3. The van der Waals surface area contributed by atoms with Crippen LogP contribution in [0.4, 0.5) is 8.78 Å². The molecule has 3 heterocycles. The summed E-state index contributed by atoms with van der Waals surface area (Å²) < 4.78 is 33.5. The van der Waals surface area contributed by atoms with Gasteiger partial charge in [0.1, 0.15) is 18.0 Å². The number of hydrogen-bond donors (Lipinski definition) is 2. The highest BCUT2D eigenvalue weighted by Gasteiger charge is 2.37. The molecule has 2 aliphatic rings. The molecule has 0 spiro atoms. The number of thiazole rings is 1. The van der Waals surface area contributed by atoms with Crippen LogP contribution in [0.25, 0.3) is 0 Å². The van der Waals surface area contributed by atoms with Gasteiger partial charge >= 0.3 is 11.9 Å². The Bertz CT molecular complexity index is 1230. The van der Waals surface area contributed by atoms with Crippen LogP contribution in [-0.4, -0.2) is 64.7 Å². The van der Waals surface area contributed by atoms with Crippen molar-refractivity contribution in [1.82, 2.24) is 15.2 Å². The summed E-state index contributed by atoms with van der Waals surface area (Å²) in [5.41, 5.74) is 0.928. The van der Waals surface area contributed by atoms with Gasteiger partial charge in [0.05, 0.1) is 12.2 Å². The van der Waals surface area contributed by atoms with Crippen molar-refractivity contribution in [2.24, 2.45) is 4.99 Å². The van der Waals surface area contributed by atoms with Crippen molar-refractivity contribution in [1.29, 1.82) is 0 Å². The predicted molar refractivity (Wildman–Crippen MR) is 131 cm³/mol. The number of amidine groups is 1. The largest absolute Gasteiger partial charge is 0.478 e. The molecule has 2 N–H and O–H groups in total. The van der Waals surface area contributed by atoms with Crippen molar-refractivity contribution in [3.63, 3.8) is 0 Å². The minimum Gasteiger partial charge on any atom is -0.478 e. The lowest BCUT2D eigenvalue weighted by Gasteiger charge is -2.31. The number of aliphatic imine (C=N–C) groups is 1. The number of alkyl halides is 1. The summed E-state index contributed by atoms with van der Waals surface area (Å²) in [5.74, 6) is -1.96. The molecule has 1 saturated heterocycles. The van der Waals surface area contributed by atoms with Crippen LogP contribution < -0.4 is 5.32 Å². The summed E-state index contributed by atoms with van der Waals surface area (Å²) in [4.78, 5) is 35.0. The van der Waals surface area contributed by atoms with E-state index in [4.69, 9.17) is 26.4 Å². The first-order valence-corrected chi connectivity index (χ1v) is 12.4. The topological polar surface area (TPSA) is 104 Å². The lowest BCUT2D eigenvalue weighted by Crippen LogP contribution is -2.41. The molecule has 4 rings (SSSR count). The second-order valence-electron chi connectivity index (χ2n) is 8.15. The quantitative estimate of drug-likeness (QED) is 0.389. The molecule has 1 fully saturated rings. The molecule has 36 heavy (non-hydrogen) atoms. The molecule has 190 valence electrons. The van der Waals surface area contributed by atoms with Gasteiger partial charge in [-0.2, -0.15) is 0 Å². The van der Waals surface area contributed by atoms with Crippen molar-refractivity contribution in [3.8, 4) is 0 Å². The fraction of sp³-hybridized carbons (Fsp3) is 0.333. The number of ether oxygens (including phenoxy) is 1. The average Bonchev–Trinajstić information content (AvgIpc) is 3.47. The predicted octanol–water partition coefficient (Wildman–Crippen LogP) is 3.90. The van der Waals surface area contributed by atoms with Gasteiger partial charge in [0.15, 0.2) is 10.8 Å². The first-order valence-electron chi connectivity index (χ1n) is 11.2. The normalized spacial score (nSPS) is 22.6. The Morgan fingerprint density at radius 3 is 2.89 bits per heavy atom. The van der Waals surface area contributed by atoms with Crippen LogP contribution in [-0.2, 0) is 14.3 Å². The highest BCUT2D eigenvalue weighted by atomic mass is 35.5.